The molecule has 1 heterocycles. The van der Waals surface area contributed by atoms with Crippen molar-refractivity contribution in [3.63, 3.8) is 0 Å². The molecule has 1 unspecified atom stereocenters. The minimum atomic E-state index is -0.254. The molecule has 1 aromatic carbocycles. The average molecular weight is 298 g/mol. The number of imidazole rings is 1. The number of carbonyl (C=O) groups is 1. The summed E-state index contributed by atoms with van der Waals surface area (Å²) in [4.78, 5) is 27.8. The van der Waals surface area contributed by atoms with E-state index in [0.29, 0.717) is 11.2 Å². The van der Waals surface area contributed by atoms with E-state index in [1.54, 1.807) is 18.2 Å². The van der Waals surface area contributed by atoms with Crippen LogP contribution in [0.2, 0.25) is 0 Å². The van der Waals surface area contributed by atoms with Crippen LogP contribution in [0.15, 0.2) is 23.0 Å². The molecule has 5 nitrogen and oxygen atoms in total. The molecular weight excluding hydrogens is 286 g/mol. The lowest BCUT2D eigenvalue weighted by Gasteiger charge is -2.08. The van der Waals surface area contributed by atoms with Crippen LogP contribution in [-0.4, -0.2) is 20.7 Å². The van der Waals surface area contributed by atoms with E-state index in [9.17, 15) is 9.59 Å². The summed E-state index contributed by atoms with van der Waals surface area (Å²) < 4.78 is 0. The van der Waals surface area contributed by atoms with Gasteiger partial charge >= 0.3 is 5.69 Å². The maximum Gasteiger partial charge on any atom is 0.323 e. The highest BCUT2D eigenvalue weighted by atomic mass is 79.9. The molecule has 0 radical (unpaired) electrons. The van der Waals surface area contributed by atoms with Crippen LogP contribution in [0.3, 0.4) is 0 Å². The van der Waals surface area contributed by atoms with Crippen LogP contribution in [0, 0.1) is 0 Å². The Labute approximate surface area is 106 Å². The van der Waals surface area contributed by atoms with Gasteiger partial charge in [-0.2, -0.15) is 0 Å². The van der Waals surface area contributed by atoms with Crippen molar-refractivity contribution < 1.29 is 4.79 Å². The number of H-pyrrole nitrogens is 2. The van der Waals surface area contributed by atoms with Crippen molar-refractivity contribution >= 4 is 38.6 Å². The summed E-state index contributed by atoms with van der Waals surface area (Å²) in [6.07, 6.45) is 0.717. The Bertz CT molecular complexity index is 602. The first-order chi connectivity index (χ1) is 8.10. The minimum Gasteiger partial charge on any atom is -0.325 e. The van der Waals surface area contributed by atoms with Gasteiger partial charge in [-0.3, -0.25) is 4.79 Å². The molecule has 0 spiro atoms. The molecule has 0 saturated heterocycles. The molecular formula is C11H12BrN3O2. The number of nitrogens with one attached hydrogen (secondary N) is 3. The van der Waals surface area contributed by atoms with Crippen molar-refractivity contribution in [2.75, 3.05) is 5.32 Å². The fraction of sp³-hybridized carbons (Fsp3) is 0.273. The molecule has 0 saturated carbocycles. The van der Waals surface area contributed by atoms with Gasteiger partial charge in [-0.05, 0) is 24.6 Å². The largest absolute Gasteiger partial charge is 0.325 e. The molecule has 0 aliphatic heterocycles. The van der Waals surface area contributed by atoms with Crippen molar-refractivity contribution in [1.29, 1.82) is 0 Å². The predicted octanol–water partition coefficient (Wildman–Crippen LogP) is 1.97. The van der Waals surface area contributed by atoms with Crippen molar-refractivity contribution in [3.05, 3.63) is 28.7 Å². The molecule has 0 fully saturated rings. The third kappa shape index (κ3) is 2.58. The van der Waals surface area contributed by atoms with E-state index in [1.165, 1.54) is 0 Å². The molecule has 1 amide bonds. The zero-order chi connectivity index (χ0) is 12.4. The van der Waals surface area contributed by atoms with Gasteiger partial charge in [0, 0.05) is 5.69 Å². The lowest BCUT2D eigenvalue weighted by molar-refractivity contribution is -0.115. The highest BCUT2D eigenvalue weighted by molar-refractivity contribution is 9.10. The van der Waals surface area contributed by atoms with Crippen LogP contribution >= 0.6 is 15.9 Å². The number of hydrogen-bond acceptors (Lipinski definition) is 2. The van der Waals surface area contributed by atoms with Crippen LogP contribution in [-0.2, 0) is 4.79 Å². The number of benzene rings is 1. The number of rotatable bonds is 3. The smallest absolute Gasteiger partial charge is 0.323 e. The molecule has 0 aliphatic carbocycles. The lowest BCUT2D eigenvalue weighted by Crippen LogP contribution is -2.21. The Morgan fingerprint density at radius 2 is 2.12 bits per heavy atom. The number of anilines is 1. The van der Waals surface area contributed by atoms with E-state index in [1.807, 2.05) is 6.92 Å². The second-order valence-corrected chi connectivity index (χ2v) is 4.81. The van der Waals surface area contributed by atoms with Gasteiger partial charge in [0.1, 0.15) is 0 Å². The third-order valence-electron chi connectivity index (χ3n) is 2.43. The van der Waals surface area contributed by atoms with E-state index in [-0.39, 0.29) is 16.4 Å². The van der Waals surface area contributed by atoms with Gasteiger partial charge in [-0.1, -0.05) is 22.9 Å². The number of alkyl halides is 1. The van der Waals surface area contributed by atoms with Crippen LogP contribution in [0.4, 0.5) is 5.69 Å². The number of fused-ring (bicyclic) bond motifs is 1. The highest BCUT2D eigenvalue weighted by Gasteiger charge is 2.12. The summed E-state index contributed by atoms with van der Waals surface area (Å²) in [6.45, 7) is 1.92. The van der Waals surface area contributed by atoms with Crippen LogP contribution in [0.25, 0.3) is 11.0 Å². The molecule has 0 bridgehead atoms. The predicted molar refractivity (Wildman–Crippen MR) is 70.6 cm³/mol. The van der Waals surface area contributed by atoms with E-state index >= 15 is 0 Å². The maximum atomic E-state index is 11.6. The Kier molecular flexibility index (Phi) is 3.33. The monoisotopic (exact) mass is 297 g/mol. The van der Waals surface area contributed by atoms with Gasteiger partial charge in [-0.15, -0.1) is 0 Å². The molecule has 2 aromatic rings. The van der Waals surface area contributed by atoms with Crippen molar-refractivity contribution in [1.82, 2.24) is 9.97 Å². The molecule has 3 N–H and O–H groups in total. The second-order valence-electron chi connectivity index (χ2n) is 3.70. The molecule has 1 atom stereocenters. The summed E-state index contributed by atoms with van der Waals surface area (Å²) in [6, 6.07) is 5.22. The van der Waals surface area contributed by atoms with E-state index in [0.717, 1.165) is 11.9 Å². The fourth-order valence-corrected chi connectivity index (χ4v) is 1.63. The van der Waals surface area contributed by atoms with Crippen LogP contribution in [0.5, 0.6) is 0 Å². The lowest BCUT2D eigenvalue weighted by atomic mass is 10.2. The number of aromatic nitrogens is 2. The Morgan fingerprint density at radius 1 is 1.41 bits per heavy atom. The summed E-state index contributed by atoms with van der Waals surface area (Å²) in [5.74, 6) is -0.0928. The van der Waals surface area contributed by atoms with E-state index in [4.69, 9.17) is 0 Å². The second kappa shape index (κ2) is 4.75. The molecule has 17 heavy (non-hydrogen) atoms. The maximum absolute atomic E-state index is 11.6. The van der Waals surface area contributed by atoms with Gasteiger partial charge in [0.15, 0.2) is 0 Å². The van der Waals surface area contributed by atoms with E-state index < -0.39 is 0 Å². The molecule has 90 valence electrons. The summed E-state index contributed by atoms with van der Waals surface area (Å²) in [5.41, 5.74) is 1.81. The quantitative estimate of drug-likeness (QED) is 0.758. The van der Waals surface area contributed by atoms with Gasteiger partial charge in [0.2, 0.25) is 5.91 Å². The highest BCUT2D eigenvalue weighted by Crippen LogP contribution is 2.16. The Hall–Kier alpha value is -1.56. The topological polar surface area (TPSA) is 77.8 Å². The first-order valence-corrected chi connectivity index (χ1v) is 6.18. The van der Waals surface area contributed by atoms with Gasteiger partial charge in [-0.25, -0.2) is 4.79 Å². The Morgan fingerprint density at radius 3 is 2.82 bits per heavy atom. The zero-order valence-electron chi connectivity index (χ0n) is 9.21. The zero-order valence-corrected chi connectivity index (χ0v) is 10.8. The first-order valence-electron chi connectivity index (χ1n) is 5.27. The fourth-order valence-electron chi connectivity index (χ4n) is 1.52. The number of hydrogen-bond donors (Lipinski definition) is 3. The SMILES string of the molecule is CCC(Br)C(=O)Nc1ccc2[nH]c(=O)[nH]c2c1. The van der Waals surface area contributed by atoms with Gasteiger partial charge < -0.3 is 15.3 Å². The van der Waals surface area contributed by atoms with Crippen molar-refractivity contribution in [2.24, 2.45) is 0 Å². The standard InChI is InChI=1S/C11H12BrN3O2/c1-2-7(12)10(16)13-6-3-4-8-9(5-6)15-11(17)14-8/h3-5,7H,2H2,1H3,(H,13,16)(H2,14,15,17). The average Bonchev–Trinajstić information content (AvgIpc) is 2.67. The summed E-state index contributed by atoms with van der Waals surface area (Å²) >= 11 is 3.28. The van der Waals surface area contributed by atoms with Crippen LogP contribution < -0.4 is 11.0 Å². The number of amides is 1. The molecule has 1 aromatic heterocycles. The van der Waals surface area contributed by atoms with Crippen LogP contribution in [0.1, 0.15) is 13.3 Å². The van der Waals surface area contributed by atoms with E-state index in [2.05, 4.69) is 31.2 Å². The summed E-state index contributed by atoms with van der Waals surface area (Å²) in [5, 5.41) is 2.77. The first kappa shape index (κ1) is 11.9. The molecule has 0 aliphatic rings. The molecule has 6 heteroatoms. The summed E-state index contributed by atoms with van der Waals surface area (Å²) in [7, 11) is 0. The normalized spacial score (nSPS) is 12.6. The minimum absolute atomic E-state index is 0.0928. The number of carbonyl (C=O) groups excluding carboxylic acids is 1. The number of halogens is 1. The Balaban J connectivity index is 2.24. The number of aromatic amines is 2. The third-order valence-corrected chi connectivity index (χ3v) is 3.49. The van der Waals surface area contributed by atoms with Gasteiger partial charge in [0.05, 0.1) is 15.9 Å². The van der Waals surface area contributed by atoms with Crippen molar-refractivity contribution in [3.8, 4) is 0 Å². The van der Waals surface area contributed by atoms with Crippen molar-refractivity contribution in [2.45, 2.75) is 18.2 Å². The molecule has 2 rings (SSSR count). The van der Waals surface area contributed by atoms with Gasteiger partial charge in [0.25, 0.3) is 0 Å².